The minimum atomic E-state index is -0.617. The second-order valence-electron chi connectivity index (χ2n) is 4.57. The predicted octanol–water partition coefficient (Wildman–Crippen LogP) is 3.85. The van der Waals surface area contributed by atoms with Gasteiger partial charge in [-0.15, -0.1) is 0 Å². The molecule has 0 heterocycles. The summed E-state index contributed by atoms with van der Waals surface area (Å²) in [6, 6.07) is 14.2. The van der Waals surface area contributed by atoms with Crippen molar-refractivity contribution in [1.29, 1.82) is 0 Å². The molecule has 0 spiro atoms. The van der Waals surface area contributed by atoms with Gasteiger partial charge in [0.05, 0.1) is 21.7 Å². The first-order valence-corrected chi connectivity index (χ1v) is 7.30. The zero-order valence-electron chi connectivity index (χ0n) is 11.2. The first kappa shape index (κ1) is 15.8. The van der Waals surface area contributed by atoms with Crippen molar-refractivity contribution in [3.63, 3.8) is 0 Å². The number of rotatable bonds is 5. The minimum absolute atomic E-state index is 0.259. The zero-order valence-corrected chi connectivity index (χ0v) is 12.7. The summed E-state index contributed by atoms with van der Waals surface area (Å²) in [5, 5.41) is 13.3. The molecule has 0 aliphatic carbocycles. The number of carbonyl (C=O) groups excluding carboxylic acids is 1. The van der Waals surface area contributed by atoms with E-state index in [2.05, 4.69) is 5.32 Å². The van der Waals surface area contributed by atoms with Crippen LogP contribution in [0, 0.1) is 0 Å². The summed E-state index contributed by atoms with van der Waals surface area (Å²) >= 11 is 11.9. The quantitative estimate of drug-likeness (QED) is 0.878. The minimum Gasteiger partial charge on any atom is -0.388 e. The van der Waals surface area contributed by atoms with Crippen LogP contribution >= 0.6 is 23.2 Å². The van der Waals surface area contributed by atoms with E-state index in [0.29, 0.717) is 23.0 Å². The van der Waals surface area contributed by atoms with Crippen molar-refractivity contribution in [2.45, 2.75) is 12.5 Å². The Balaban J connectivity index is 1.90. The molecule has 1 amide bonds. The monoisotopic (exact) mass is 323 g/mol. The van der Waals surface area contributed by atoms with Crippen LogP contribution in [0.25, 0.3) is 0 Å². The van der Waals surface area contributed by atoms with Crippen LogP contribution in [-0.2, 0) is 0 Å². The lowest BCUT2D eigenvalue weighted by Crippen LogP contribution is -2.26. The molecule has 21 heavy (non-hydrogen) atoms. The van der Waals surface area contributed by atoms with Crippen molar-refractivity contribution in [2.24, 2.45) is 0 Å². The van der Waals surface area contributed by atoms with Gasteiger partial charge in [-0.2, -0.15) is 0 Å². The lowest BCUT2D eigenvalue weighted by Gasteiger charge is -2.12. The van der Waals surface area contributed by atoms with Crippen molar-refractivity contribution >= 4 is 29.1 Å². The summed E-state index contributed by atoms with van der Waals surface area (Å²) in [5.74, 6) is -0.342. The van der Waals surface area contributed by atoms with Crippen LogP contribution in [0.4, 0.5) is 0 Å². The number of halogens is 2. The summed E-state index contributed by atoms with van der Waals surface area (Å²) in [5.41, 5.74) is 1.08. The largest absolute Gasteiger partial charge is 0.388 e. The molecular formula is C16H15Cl2NO2. The van der Waals surface area contributed by atoms with Crippen LogP contribution in [0.15, 0.2) is 48.5 Å². The number of benzene rings is 2. The smallest absolute Gasteiger partial charge is 0.254 e. The highest BCUT2D eigenvalue weighted by atomic mass is 35.5. The van der Waals surface area contributed by atoms with Crippen LogP contribution in [0.3, 0.4) is 0 Å². The SMILES string of the molecule is O=C(NCCC(O)c1ccccc1)c1c(Cl)cccc1Cl. The maximum Gasteiger partial charge on any atom is 0.254 e. The molecule has 1 atom stereocenters. The molecule has 0 saturated carbocycles. The van der Waals surface area contributed by atoms with E-state index >= 15 is 0 Å². The van der Waals surface area contributed by atoms with Crippen molar-refractivity contribution in [2.75, 3.05) is 6.54 Å². The fourth-order valence-electron chi connectivity index (χ4n) is 1.97. The number of carbonyl (C=O) groups is 1. The first-order valence-electron chi connectivity index (χ1n) is 6.55. The number of nitrogens with one attached hydrogen (secondary N) is 1. The van der Waals surface area contributed by atoms with Gasteiger partial charge >= 0.3 is 0 Å². The Labute approximate surface area is 133 Å². The first-order chi connectivity index (χ1) is 10.1. The lowest BCUT2D eigenvalue weighted by atomic mass is 10.1. The van der Waals surface area contributed by atoms with E-state index < -0.39 is 6.10 Å². The lowest BCUT2D eigenvalue weighted by molar-refractivity contribution is 0.0943. The molecule has 5 heteroatoms. The Hall–Kier alpha value is -1.55. The molecule has 1 unspecified atom stereocenters. The standard InChI is InChI=1S/C16H15Cl2NO2/c17-12-7-4-8-13(18)15(12)16(21)19-10-9-14(20)11-5-2-1-3-6-11/h1-8,14,20H,9-10H2,(H,19,21). The second-order valence-corrected chi connectivity index (χ2v) is 5.38. The molecule has 2 N–H and O–H groups in total. The Bertz CT molecular complexity index is 597. The van der Waals surface area contributed by atoms with Crippen LogP contribution in [0.2, 0.25) is 10.0 Å². The third kappa shape index (κ3) is 4.21. The molecule has 110 valence electrons. The predicted molar refractivity (Wildman–Crippen MR) is 84.8 cm³/mol. The third-order valence-corrected chi connectivity index (χ3v) is 3.71. The van der Waals surface area contributed by atoms with E-state index in [4.69, 9.17) is 23.2 Å². The van der Waals surface area contributed by atoms with Gasteiger partial charge in [0, 0.05) is 6.54 Å². The van der Waals surface area contributed by atoms with E-state index in [1.54, 1.807) is 18.2 Å². The zero-order chi connectivity index (χ0) is 15.2. The maximum atomic E-state index is 12.0. The highest BCUT2D eigenvalue weighted by Gasteiger charge is 2.14. The van der Waals surface area contributed by atoms with Gasteiger partial charge in [-0.1, -0.05) is 59.6 Å². The van der Waals surface area contributed by atoms with Crippen molar-refractivity contribution < 1.29 is 9.90 Å². The van der Waals surface area contributed by atoms with E-state index in [0.717, 1.165) is 5.56 Å². The summed E-state index contributed by atoms with van der Waals surface area (Å²) in [4.78, 5) is 12.0. The number of hydrogen-bond donors (Lipinski definition) is 2. The van der Waals surface area contributed by atoms with Crippen LogP contribution in [0.5, 0.6) is 0 Å². The molecule has 0 aliphatic heterocycles. The number of hydrogen-bond acceptors (Lipinski definition) is 2. The maximum absolute atomic E-state index is 12.0. The molecule has 0 fully saturated rings. The van der Waals surface area contributed by atoms with Gasteiger partial charge < -0.3 is 10.4 Å². The highest BCUT2D eigenvalue weighted by Crippen LogP contribution is 2.24. The summed E-state index contributed by atoms with van der Waals surface area (Å²) in [7, 11) is 0. The molecule has 0 bridgehead atoms. The fraction of sp³-hybridized carbons (Fsp3) is 0.188. The van der Waals surface area contributed by atoms with Gasteiger partial charge in [-0.3, -0.25) is 4.79 Å². The molecule has 0 aliphatic rings. The van der Waals surface area contributed by atoms with Crippen molar-refractivity contribution in [3.8, 4) is 0 Å². The molecule has 2 rings (SSSR count). The second kappa shape index (κ2) is 7.46. The van der Waals surface area contributed by atoms with Gasteiger partial charge in [-0.05, 0) is 24.1 Å². The Kier molecular flexibility index (Phi) is 5.62. The van der Waals surface area contributed by atoms with Gasteiger partial charge in [0.15, 0.2) is 0 Å². The summed E-state index contributed by atoms with van der Waals surface area (Å²) in [6.07, 6.45) is -0.203. The average molecular weight is 324 g/mol. The van der Waals surface area contributed by atoms with E-state index in [9.17, 15) is 9.90 Å². The molecule has 2 aromatic carbocycles. The number of amides is 1. The fourth-order valence-corrected chi connectivity index (χ4v) is 2.54. The average Bonchev–Trinajstić information content (AvgIpc) is 2.48. The molecule has 0 radical (unpaired) electrons. The molecule has 3 nitrogen and oxygen atoms in total. The van der Waals surface area contributed by atoms with Crippen molar-refractivity contribution in [1.82, 2.24) is 5.32 Å². The summed E-state index contributed by atoms with van der Waals surface area (Å²) < 4.78 is 0. The molecule has 0 aromatic heterocycles. The van der Waals surface area contributed by atoms with Crippen molar-refractivity contribution in [3.05, 3.63) is 69.7 Å². The van der Waals surface area contributed by atoms with E-state index in [-0.39, 0.29) is 11.5 Å². The Morgan fingerprint density at radius 1 is 1.05 bits per heavy atom. The normalized spacial score (nSPS) is 12.0. The van der Waals surface area contributed by atoms with Gasteiger partial charge in [0.25, 0.3) is 5.91 Å². The van der Waals surface area contributed by atoms with Gasteiger partial charge in [-0.25, -0.2) is 0 Å². The number of aliphatic hydroxyl groups is 1. The topological polar surface area (TPSA) is 49.3 Å². The van der Waals surface area contributed by atoms with E-state index in [1.807, 2.05) is 30.3 Å². The molecular weight excluding hydrogens is 309 g/mol. The Morgan fingerprint density at radius 3 is 2.29 bits per heavy atom. The molecule has 0 saturated heterocycles. The van der Waals surface area contributed by atoms with Crippen LogP contribution in [0.1, 0.15) is 28.4 Å². The molecule has 2 aromatic rings. The van der Waals surface area contributed by atoms with Gasteiger partial charge in [0.1, 0.15) is 0 Å². The third-order valence-electron chi connectivity index (χ3n) is 3.08. The van der Waals surface area contributed by atoms with Gasteiger partial charge in [0.2, 0.25) is 0 Å². The Morgan fingerprint density at radius 2 is 1.67 bits per heavy atom. The highest BCUT2D eigenvalue weighted by molar-refractivity contribution is 6.39. The summed E-state index contributed by atoms with van der Waals surface area (Å²) in [6.45, 7) is 0.330. The van der Waals surface area contributed by atoms with E-state index in [1.165, 1.54) is 0 Å². The number of aliphatic hydroxyl groups excluding tert-OH is 1. The van der Waals surface area contributed by atoms with Crippen LogP contribution in [-0.4, -0.2) is 17.6 Å². The van der Waals surface area contributed by atoms with Crippen LogP contribution < -0.4 is 5.32 Å².